The van der Waals surface area contributed by atoms with E-state index in [1.165, 1.54) is 0 Å². The van der Waals surface area contributed by atoms with Gasteiger partial charge in [-0.25, -0.2) is 0 Å². The Morgan fingerprint density at radius 2 is 2.24 bits per heavy atom. The van der Waals surface area contributed by atoms with Crippen LogP contribution in [0.5, 0.6) is 0 Å². The molecule has 1 aromatic heterocycles. The van der Waals surface area contributed by atoms with Crippen LogP contribution < -0.4 is 0 Å². The van der Waals surface area contributed by atoms with E-state index in [1.807, 2.05) is 11.0 Å². The summed E-state index contributed by atoms with van der Waals surface area (Å²) < 4.78 is 10.4. The van der Waals surface area contributed by atoms with Crippen molar-refractivity contribution in [3.05, 3.63) is 17.5 Å². The van der Waals surface area contributed by atoms with Crippen molar-refractivity contribution in [2.45, 2.75) is 25.2 Å². The normalized spacial score (nSPS) is 20.5. The molecule has 0 spiro atoms. The highest BCUT2D eigenvalue weighted by atomic mass is 16.5. The molecule has 0 bridgehead atoms. The van der Waals surface area contributed by atoms with Crippen LogP contribution in [-0.4, -0.2) is 67.3 Å². The van der Waals surface area contributed by atoms with Crippen molar-refractivity contribution in [3.8, 4) is 0 Å². The maximum absolute atomic E-state index is 12.5. The van der Waals surface area contributed by atoms with Gasteiger partial charge >= 0.3 is 0 Å². The number of carbonyl (C=O) groups excluding carboxylic acids is 1. The molecule has 1 aromatic rings. The van der Waals surface area contributed by atoms with Crippen LogP contribution in [0.15, 0.2) is 10.6 Å². The smallest absolute Gasteiger partial charge is 0.276 e. The summed E-state index contributed by atoms with van der Waals surface area (Å²) in [5, 5.41) is 3.95. The summed E-state index contributed by atoms with van der Waals surface area (Å²) in [6.07, 6.45) is 3.30. The number of methoxy groups -OCH3 is 1. The van der Waals surface area contributed by atoms with Gasteiger partial charge in [0.25, 0.3) is 5.91 Å². The van der Waals surface area contributed by atoms with Gasteiger partial charge < -0.3 is 14.2 Å². The molecule has 6 nitrogen and oxygen atoms in total. The highest BCUT2D eigenvalue weighted by Crippen LogP contribution is 2.40. The molecule has 3 rings (SSSR count). The van der Waals surface area contributed by atoms with Crippen molar-refractivity contribution in [1.29, 1.82) is 0 Å². The Morgan fingerprint density at radius 3 is 3.00 bits per heavy atom. The van der Waals surface area contributed by atoms with E-state index in [-0.39, 0.29) is 5.91 Å². The number of rotatable bonds is 5. The Hall–Kier alpha value is -1.40. The Kier molecular flexibility index (Phi) is 4.55. The van der Waals surface area contributed by atoms with Gasteiger partial charge in [0.15, 0.2) is 5.69 Å². The first-order chi connectivity index (χ1) is 10.3. The molecule has 0 radical (unpaired) electrons. The average Bonchev–Trinajstić information content (AvgIpc) is 3.28. The maximum atomic E-state index is 12.5. The number of hydrogen-bond acceptors (Lipinski definition) is 5. The summed E-state index contributed by atoms with van der Waals surface area (Å²) in [5.74, 6) is 1.36. The molecule has 1 saturated heterocycles. The first-order valence-electron chi connectivity index (χ1n) is 7.75. The molecular weight excluding hydrogens is 270 g/mol. The first-order valence-corrected chi connectivity index (χ1v) is 7.75. The van der Waals surface area contributed by atoms with Crippen LogP contribution in [0, 0.1) is 0 Å². The largest absolute Gasteiger partial charge is 0.383 e. The molecule has 0 unspecified atom stereocenters. The quantitative estimate of drug-likeness (QED) is 0.820. The molecule has 1 amide bonds. The van der Waals surface area contributed by atoms with Gasteiger partial charge in [-0.2, -0.15) is 0 Å². The third-order valence-corrected chi connectivity index (χ3v) is 4.21. The van der Waals surface area contributed by atoms with Gasteiger partial charge in [0.2, 0.25) is 0 Å². The Morgan fingerprint density at radius 1 is 1.38 bits per heavy atom. The van der Waals surface area contributed by atoms with E-state index in [4.69, 9.17) is 9.26 Å². The van der Waals surface area contributed by atoms with Gasteiger partial charge in [-0.3, -0.25) is 9.69 Å². The SMILES string of the molecule is COCCN1CCCN(C(=O)c2cc(C3CC3)on2)CC1. The van der Waals surface area contributed by atoms with Crippen LogP contribution in [0.2, 0.25) is 0 Å². The van der Waals surface area contributed by atoms with Gasteiger partial charge in [0, 0.05) is 45.3 Å². The highest BCUT2D eigenvalue weighted by Gasteiger charge is 2.30. The zero-order chi connectivity index (χ0) is 14.7. The third-order valence-electron chi connectivity index (χ3n) is 4.21. The number of carbonyl (C=O) groups is 1. The molecule has 0 atom stereocenters. The molecule has 2 fully saturated rings. The second-order valence-electron chi connectivity index (χ2n) is 5.87. The van der Waals surface area contributed by atoms with E-state index in [1.54, 1.807) is 7.11 Å². The summed E-state index contributed by atoms with van der Waals surface area (Å²) >= 11 is 0. The Bertz CT molecular complexity index is 484. The number of hydrogen-bond donors (Lipinski definition) is 0. The van der Waals surface area contributed by atoms with Crippen molar-refractivity contribution in [3.63, 3.8) is 0 Å². The fourth-order valence-electron chi connectivity index (χ4n) is 2.73. The zero-order valence-electron chi connectivity index (χ0n) is 12.6. The standard InChI is InChI=1S/C15H23N3O3/c1-20-10-9-17-5-2-6-18(8-7-17)15(19)13-11-14(21-16-13)12-3-4-12/h11-12H,2-10H2,1H3. The van der Waals surface area contributed by atoms with E-state index in [0.29, 0.717) is 11.6 Å². The highest BCUT2D eigenvalue weighted by molar-refractivity contribution is 5.92. The van der Waals surface area contributed by atoms with Crippen molar-refractivity contribution < 1.29 is 14.1 Å². The molecule has 116 valence electrons. The van der Waals surface area contributed by atoms with Crippen LogP contribution in [-0.2, 0) is 4.74 Å². The third kappa shape index (κ3) is 3.63. The maximum Gasteiger partial charge on any atom is 0.276 e. The van der Waals surface area contributed by atoms with Gasteiger partial charge in [-0.1, -0.05) is 5.16 Å². The molecule has 0 N–H and O–H groups in total. The molecule has 1 aliphatic heterocycles. The van der Waals surface area contributed by atoms with Gasteiger partial charge in [-0.15, -0.1) is 0 Å². The van der Waals surface area contributed by atoms with E-state index >= 15 is 0 Å². The van der Waals surface area contributed by atoms with Crippen LogP contribution in [0.3, 0.4) is 0 Å². The lowest BCUT2D eigenvalue weighted by Crippen LogP contribution is -2.36. The van der Waals surface area contributed by atoms with Crippen molar-refractivity contribution in [2.24, 2.45) is 0 Å². The first kappa shape index (κ1) is 14.5. The second-order valence-corrected chi connectivity index (χ2v) is 5.87. The van der Waals surface area contributed by atoms with Crippen LogP contribution >= 0.6 is 0 Å². The summed E-state index contributed by atoms with van der Waals surface area (Å²) in [4.78, 5) is 16.7. The topological polar surface area (TPSA) is 58.8 Å². The summed E-state index contributed by atoms with van der Waals surface area (Å²) in [6, 6.07) is 1.83. The van der Waals surface area contributed by atoms with Crippen LogP contribution in [0.1, 0.15) is 41.4 Å². The molecular formula is C15H23N3O3. The van der Waals surface area contributed by atoms with Crippen molar-refractivity contribution >= 4 is 5.91 Å². The molecule has 2 aliphatic rings. The molecule has 2 heterocycles. The molecule has 1 saturated carbocycles. The lowest BCUT2D eigenvalue weighted by atomic mass is 10.2. The van der Waals surface area contributed by atoms with E-state index < -0.39 is 0 Å². The minimum absolute atomic E-state index is 0.000702. The average molecular weight is 293 g/mol. The molecule has 1 aliphatic carbocycles. The number of ether oxygens (including phenoxy) is 1. The lowest BCUT2D eigenvalue weighted by Gasteiger charge is -2.20. The van der Waals surface area contributed by atoms with Crippen molar-refractivity contribution in [2.75, 3.05) is 46.4 Å². The predicted octanol–water partition coefficient (Wildman–Crippen LogP) is 1.35. The van der Waals surface area contributed by atoms with Crippen LogP contribution in [0.25, 0.3) is 0 Å². The van der Waals surface area contributed by atoms with Gasteiger partial charge in [-0.05, 0) is 25.8 Å². The van der Waals surface area contributed by atoms with Crippen molar-refractivity contribution in [1.82, 2.24) is 15.0 Å². The second kappa shape index (κ2) is 6.58. The van der Waals surface area contributed by atoms with E-state index in [2.05, 4.69) is 10.1 Å². The summed E-state index contributed by atoms with van der Waals surface area (Å²) in [6.45, 7) is 5.10. The predicted molar refractivity (Wildman–Crippen MR) is 77.3 cm³/mol. The lowest BCUT2D eigenvalue weighted by molar-refractivity contribution is 0.0748. The van der Waals surface area contributed by atoms with Gasteiger partial charge in [0.1, 0.15) is 5.76 Å². The Balaban J connectivity index is 1.56. The Labute approximate surface area is 125 Å². The molecule has 21 heavy (non-hydrogen) atoms. The molecule has 6 heteroatoms. The van der Waals surface area contributed by atoms with E-state index in [9.17, 15) is 4.79 Å². The fourth-order valence-corrected chi connectivity index (χ4v) is 2.73. The summed E-state index contributed by atoms with van der Waals surface area (Å²) in [5.41, 5.74) is 0.460. The van der Waals surface area contributed by atoms with E-state index in [0.717, 1.165) is 64.4 Å². The molecule has 0 aromatic carbocycles. The minimum atomic E-state index is -0.000702. The zero-order valence-corrected chi connectivity index (χ0v) is 12.6. The summed E-state index contributed by atoms with van der Waals surface area (Å²) in [7, 11) is 1.72. The fraction of sp³-hybridized carbons (Fsp3) is 0.733. The van der Waals surface area contributed by atoms with Gasteiger partial charge in [0.05, 0.1) is 6.61 Å². The monoisotopic (exact) mass is 293 g/mol. The van der Waals surface area contributed by atoms with Crippen LogP contribution in [0.4, 0.5) is 0 Å². The number of aromatic nitrogens is 1. The minimum Gasteiger partial charge on any atom is -0.383 e. The number of amides is 1. The number of nitrogens with zero attached hydrogens (tertiary/aromatic N) is 3.